The lowest BCUT2D eigenvalue weighted by Crippen LogP contribution is -1.91. The minimum atomic E-state index is 0.338. The van der Waals surface area contributed by atoms with Gasteiger partial charge >= 0.3 is 0 Å². The summed E-state index contributed by atoms with van der Waals surface area (Å²) in [6.45, 7) is 0. The first-order valence-electron chi connectivity index (χ1n) is 3.22. The molecule has 0 aliphatic carbocycles. The molecule has 0 radical (unpaired) electrons. The molecule has 1 aromatic heterocycles. The molecule has 0 aromatic carbocycles. The quantitative estimate of drug-likeness (QED) is 0.508. The molecule has 0 bridgehead atoms. The van der Waals surface area contributed by atoms with Gasteiger partial charge in [-0.2, -0.15) is 5.26 Å². The molecule has 0 amide bonds. The van der Waals surface area contributed by atoms with Crippen molar-refractivity contribution < 1.29 is 4.79 Å². The van der Waals surface area contributed by atoms with Crippen molar-refractivity contribution in [2.75, 3.05) is 6.26 Å². The molecular weight excluding hydrogens is 172 g/mol. The van der Waals surface area contributed by atoms with Gasteiger partial charge in [-0.25, -0.2) is 4.98 Å². The number of aldehydes is 1. The van der Waals surface area contributed by atoms with Gasteiger partial charge in [0, 0.05) is 5.56 Å². The molecule has 3 nitrogen and oxygen atoms in total. The molecule has 0 atom stereocenters. The summed E-state index contributed by atoms with van der Waals surface area (Å²) < 4.78 is 0. The summed E-state index contributed by atoms with van der Waals surface area (Å²) in [6.07, 6.45) is 2.55. The normalized spacial score (nSPS) is 9.00. The highest BCUT2D eigenvalue weighted by molar-refractivity contribution is 7.98. The highest BCUT2D eigenvalue weighted by Gasteiger charge is 2.02. The minimum absolute atomic E-state index is 0.338. The van der Waals surface area contributed by atoms with Crippen molar-refractivity contribution in [1.29, 1.82) is 5.26 Å². The minimum Gasteiger partial charge on any atom is -0.298 e. The van der Waals surface area contributed by atoms with E-state index >= 15 is 0 Å². The Bertz CT molecular complexity index is 343. The van der Waals surface area contributed by atoms with Gasteiger partial charge in [0.05, 0.1) is 0 Å². The maximum absolute atomic E-state index is 10.4. The second kappa shape index (κ2) is 3.88. The van der Waals surface area contributed by atoms with Crippen LogP contribution in [0.5, 0.6) is 0 Å². The molecule has 4 heteroatoms. The van der Waals surface area contributed by atoms with E-state index in [1.807, 2.05) is 12.3 Å². The molecule has 0 fully saturated rings. The zero-order chi connectivity index (χ0) is 8.97. The van der Waals surface area contributed by atoms with E-state index in [2.05, 4.69) is 4.98 Å². The summed E-state index contributed by atoms with van der Waals surface area (Å²) in [7, 11) is 0. The van der Waals surface area contributed by atoms with E-state index < -0.39 is 0 Å². The predicted molar refractivity (Wildman–Crippen MR) is 46.1 cm³/mol. The van der Waals surface area contributed by atoms with E-state index in [1.54, 1.807) is 6.07 Å². The van der Waals surface area contributed by atoms with E-state index in [4.69, 9.17) is 5.26 Å². The van der Waals surface area contributed by atoms with E-state index in [0.717, 1.165) is 6.29 Å². The Hall–Kier alpha value is -1.34. The van der Waals surface area contributed by atoms with Gasteiger partial charge in [0.1, 0.15) is 16.8 Å². The highest BCUT2D eigenvalue weighted by atomic mass is 32.2. The van der Waals surface area contributed by atoms with Gasteiger partial charge in [-0.3, -0.25) is 4.79 Å². The van der Waals surface area contributed by atoms with Crippen molar-refractivity contribution in [3.05, 3.63) is 23.4 Å². The fourth-order valence-corrected chi connectivity index (χ4v) is 1.31. The molecule has 1 heterocycles. The molecule has 0 spiro atoms. The average Bonchev–Trinajstić information content (AvgIpc) is 2.16. The molecular formula is C8H6N2OS. The number of rotatable bonds is 2. The number of aromatic nitrogens is 1. The van der Waals surface area contributed by atoms with Crippen molar-refractivity contribution in [2.45, 2.75) is 5.03 Å². The van der Waals surface area contributed by atoms with E-state index in [-0.39, 0.29) is 0 Å². The molecule has 60 valence electrons. The fourth-order valence-electron chi connectivity index (χ4n) is 0.767. The van der Waals surface area contributed by atoms with Gasteiger partial charge < -0.3 is 0 Å². The van der Waals surface area contributed by atoms with Crippen LogP contribution >= 0.6 is 11.8 Å². The van der Waals surface area contributed by atoms with Crippen LogP contribution in [-0.4, -0.2) is 17.5 Å². The molecule has 1 rings (SSSR count). The number of carbonyl (C=O) groups is 1. The smallest absolute Gasteiger partial charge is 0.152 e. The van der Waals surface area contributed by atoms with Crippen molar-refractivity contribution in [3.63, 3.8) is 0 Å². The Morgan fingerprint density at radius 3 is 2.92 bits per heavy atom. The standard InChI is InChI=1S/C8H6N2OS/c1-12-8-6(5-11)2-3-7(4-9)10-8/h2-3,5H,1H3. The van der Waals surface area contributed by atoms with E-state index in [0.29, 0.717) is 16.3 Å². The number of pyridine rings is 1. The maximum Gasteiger partial charge on any atom is 0.152 e. The lowest BCUT2D eigenvalue weighted by Gasteiger charge is -1.98. The first-order valence-corrected chi connectivity index (χ1v) is 4.44. The first kappa shape index (κ1) is 8.75. The lowest BCUT2D eigenvalue weighted by atomic mass is 10.3. The summed E-state index contributed by atoms with van der Waals surface area (Å²) in [6, 6.07) is 5.05. The third kappa shape index (κ3) is 1.63. The van der Waals surface area contributed by atoms with Crippen molar-refractivity contribution in [3.8, 4) is 6.07 Å². The third-order valence-corrected chi connectivity index (χ3v) is 2.04. The van der Waals surface area contributed by atoms with Gasteiger partial charge in [0.15, 0.2) is 6.29 Å². The van der Waals surface area contributed by atoms with Crippen LogP contribution < -0.4 is 0 Å². The largest absolute Gasteiger partial charge is 0.298 e. The van der Waals surface area contributed by atoms with Crippen LogP contribution in [0.15, 0.2) is 17.2 Å². The van der Waals surface area contributed by atoms with Crippen LogP contribution in [0.1, 0.15) is 16.1 Å². The molecule has 12 heavy (non-hydrogen) atoms. The average molecular weight is 178 g/mol. The number of hydrogen-bond donors (Lipinski definition) is 0. The van der Waals surface area contributed by atoms with Crippen LogP contribution in [-0.2, 0) is 0 Å². The Balaban J connectivity index is 3.21. The van der Waals surface area contributed by atoms with E-state index in [1.165, 1.54) is 17.8 Å². The summed E-state index contributed by atoms with van der Waals surface area (Å²) in [4.78, 5) is 14.4. The maximum atomic E-state index is 10.4. The predicted octanol–water partition coefficient (Wildman–Crippen LogP) is 1.49. The fraction of sp³-hybridized carbons (Fsp3) is 0.125. The van der Waals surface area contributed by atoms with Crippen LogP contribution in [0.25, 0.3) is 0 Å². The second-order valence-corrected chi connectivity index (χ2v) is 2.82. The van der Waals surface area contributed by atoms with Crippen LogP contribution in [0, 0.1) is 11.3 Å². The SMILES string of the molecule is CSc1nc(C#N)ccc1C=O. The van der Waals surface area contributed by atoms with Crippen LogP contribution in [0.4, 0.5) is 0 Å². The number of hydrogen-bond acceptors (Lipinski definition) is 4. The summed E-state index contributed by atoms with van der Waals surface area (Å²) in [5.41, 5.74) is 0.867. The van der Waals surface area contributed by atoms with Gasteiger partial charge in [-0.1, -0.05) is 0 Å². The van der Waals surface area contributed by atoms with Gasteiger partial charge in [0.2, 0.25) is 0 Å². The van der Waals surface area contributed by atoms with Gasteiger partial charge in [0.25, 0.3) is 0 Å². The molecule has 0 aliphatic heterocycles. The zero-order valence-electron chi connectivity index (χ0n) is 6.44. The summed E-state index contributed by atoms with van der Waals surface area (Å²) in [5, 5.41) is 9.11. The van der Waals surface area contributed by atoms with E-state index in [9.17, 15) is 4.79 Å². The number of nitriles is 1. The third-order valence-electron chi connectivity index (χ3n) is 1.32. The lowest BCUT2D eigenvalue weighted by molar-refractivity contribution is 0.112. The number of thioether (sulfide) groups is 1. The van der Waals surface area contributed by atoms with Crippen molar-refractivity contribution in [1.82, 2.24) is 4.98 Å². The Labute approximate surface area is 74.4 Å². The monoisotopic (exact) mass is 178 g/mol. The molecule has 0 unspecified atom stereocenters. The van der Waals surface area contributed by atoms with Gasteiger partial charge in [-0.05, 0) is 18.4 Å². The Morgan fingerprint density at radius 1 is 1.67 bits per heavy atom. The highest BCUT2D eigenvalue weighted by Crippen LogP contribution is 2.16. The zero-order valence-corrected chi connectivity index (χ0v) is 7.26. The molecule has 1 aromatic rings. The van der Waals surface area contributed by atoms with Crippen molar-refractivity contribution in [2.24, 2.45) is 0 Å². The summed E-state index contributed by atoms with van der Waals surface area (Å²) in [5.74, 6) is 0. The number of nitrogens with zero attached hydrogens (tertiary/aromatic N) is 2. The second-order valence-electron chi connectivity index (χ2n) is 2.02. The van der Waals surface area contributed by atoms with Crippen LogP contribution in [0.3, 0.4) is 0 Å². The Morgan fingerprint density at radius 2 is 2.42 bits per heavy atom. The summed E-state index contributed by atoms with van der Waals surface area (Å²) >= 11 is 1.36. The Kier molecular flexibility index (Phi) is 2.83. The van der Waals surface area contributed by atoms with Crippen molar-refractivity contribution >= 4 is 18.0 Å². The molecule has 0 aliphatic rings. The van der Waals surface area contributed by atoms with Gasteiger partial charge in [-0.15, -0.1) is 11.8 Å². The number of carbonyl (C=O) groups excluding carboxylic acids is 1. The molecule has 0 saturated heterocycles. The topological polar surface area (TPSA) is 53.8 Å². The first-order chi connectivity index (χ1) is 5.81. The molecule has 0 N–H and O–H groups in total. The molecule has 0 saturated carbocycles. The van der Waals surface area contributed by atoms with Crippen LogP contribution in [0.2, 0.25) is 0 Å².